The molecule has 6 rings (SSSR count). The quantitative estimate of drug-likeness (QED) is 0.0154. The van der Waals surface area contributed by atoms with Crippen molar-refractivity contribution in [2.75, 3.05) is 71.6 Å². The van der Waals surface area contributed by atoms with Crippen LogP contribution >= 0.6 is 11.8 Å². The predicted molar refractivity (Wildman–Crippen MR) is 306 cm³/mol. The number of hydrogen-bond acceptors (Lipinski definition) is 19. The third kappa shape index (κ3) is 23.9. The Labute approximate surface area is 498 Å². The van der Waals surface area contributed by atoms with Gasteiger partial charge in [0.2, 0.25) is 53.2 Å². The van der Waals surface area contributed by atoms with Crippen LogP contribution in [-0.2, 0) is 83.2 Å². The predicted octanol–water partition coefficient (Wildman–Crippen LogP) is -5.77. The van der Waals surface area contributed by atoms with Crippen molar-refractivity contribution >= 4 is 76.9 Å². The Bertz CT molecular complexity index is 2720. The van der Waals surface area contributed by atoms with Gasteiger partial charge in [0.1, 0.15) is 36.8 Å². The number of fused-ring (bicyclic) bond motifs is 3. The number of aromatic nitrogens is 7. The number of nitrogens with two attached hydrogens (primary N) is 2. The first-order valence-electron chi connectivity index (χ1n) is 28.4. The Morgan fingerprint density at radius 3 is 2.03 bits per heavy atom. The maximum Gasteiger partial charge on any atom is 0.315 e. The Hall–Kier alpha value is -8.44. The van der Waals surface area contributed by atoms with Gasteiger partial charge in [0.25, 0.3) is 0 Å². The number of aromatic amines is 2. The van der Waals surface area contributed by atoms with Gasteiger partial charge in [-0.3, -0.25) is 53.2 Å². The number of primary amides is 1. The third-order valence-electron chi connectivity index (χ3n) is 13.8. The van der Waals surface area contributed by atoms with Crippen LogP contribution in [0.4, 0.5) is 4.79 Å². The minimum Gasteiger partial charge on any atom is -0.377 e. The molecule has 0 aliphatic carbocycles. The van der Waals surface area contributed by atoms with Gasteiger partial charge in [-0.25, -0.2) is 14.8 Å². The molecule has 0 aromatic carbocycles. The van der Waals surface area contributed by atoms with Crippen LogP contribution in [0.2, 0.25) is 0 Å². The normalized spacial score (nSPS) is 22.9. The number of imidazole rings is 2. The number of urea groups is 1. The number of aryl methyl sites for hydroxylation is 1. The molecule has 472 valence electrons. The molecule has 3 aromatic rings. The number of nitrogens with one attached hydrogen (secondary N) is 14. The van der Waals surface area contributed by atoms with Crippen LogP contribution in [0.5, 0.6) is 0 Å². The number of carbonyl (C=O) groups excluding carboxylic acids is 10. The lowest BCUT2D eigenvalue weighted by Gasteiger charge is -2.23. The number of rotatable bonds is 26. The zero-order valence-corrected chi connectivity index (χ0v) is 48.4. The van der Waals surface area contributed by atoms with Gasteiger partial charge in [0.15, 0.2) is 5.96 Å². The van der Waals surface area contributed by atoms with Crippen molar-refractivity contribution in [3.05, 3.63) is 48.3 Å². The molecule has 0 spiro atoms. The number of nitrogens with zero attached hydrogens (tertiary/aromatic N) is 5. The number of carbonyl (C=O) groups is 10. The summed E-state index contributed by atoms with van der Waals surface area (Å²) < 4.78 is 18.1. The molecule has 0 saturated carbocycles. The molecule has 6 heterocycles. The van der Waals surface area contributed by atoms with Crippen molar-refractivity contribution < 1.29 is 62.2 Å². The summed E-state index contributed by atoms with van der Waals surface area (Å²) in [5.41, 5.74) is 12.1. The highest BCUT2D eigenvalue weighted by Crippen LogP contribution is 2.33. The molecule has 34 nitrogen and oxygen atoms in total. The monoisotopic (exact) mass is 1230 g/mol. The second kappa shape index (κ2) is 35.8. The first-order valence-corrected chi connectivity index (χ1v) is 29.5. The average Bonchev–Trinajstić information content (AvgIpc) is 4.50. The molecule has 11 amide bonds. The van der Waals surface area contributed by atoms with E-state index in [-0.39, 0.29) is 120 Å². The number of ether oxygens (including phenoxy) is 3. The van der Waals surface area contributed by atoms with Gasteiger partial charge in [-0.1, -0.05) is 11.6 Å². The molecule has 2 bridgehead atoms. The van der Waals surface area contributed by atoms with Gasteiger partial charge in [0.05, 0.1) is 87.9 Å². The molecule has 2 saturated heterocycles. The fourth-order valence-electron chi connectivity index (χ4n) is 9.39. The second-order valence-corrected chi connectivity index (χ2v) is 21.8. The van der Waals surface area contributed by atoms with E-state index in [9.17, 15) is 47.9 Å². The smallest absolute Gasteiger partial charge is 0.315 e. The summed E-state index contributed by atoms with van der Waals surface area (Å²) in [4.78, 5) is 146. The number of H-pyrrole nitrogens is 2. The Morgan fingerprint density at radius 1 is 0.698 bits per heavy atom. The van der Waals surface area contributed by atoms with E-state index in [2.05, 4.69) is 88.7 Å². The van der Waals surface area contributed by atoms with E-state index in [0.29, 0.717) is 42.4 Å². The fraction of sp³-hybridized carbons (Fsp3) is 0.627. The van der Waals surface area contributed by atoms with Crippen LogP contribution in [0.25, 0.3) is 0 Å². The summed E-state index contributed by atoms with van der Waals surface area (Å²) in [5, 5.41) is 45.5. The van der Waals surface area contributed by atoms with Gasteiger partial charge < -0.3 is 94.1 Å². The minimum absolute atomic E-state index is 0.00130. The zero-order chi connectivity index (χ0) is 61.6. The van der Waals surface area contributed by atoms with E-state index in [1.165, 1.54) is 29.7 Å². The standard InChI is InChI=1S/C51H79N21O13S/c52-45(77)33-6-3-4-12-72-25-32(70-71-72)20-37(65-43(76)26-85-17-16-84-15-14-83-13-11-57-40(73)9-2-1-8-39-44-38(27-86-39)68-51(82)69-44)49(81)67-35(18-30-21-55-28-61-30)47(79)60-23-41(74)63-34(7-5-10-58-50(53)54)46(78)59-24-42(75)64-36(48(80)66-33)19-31-22-56-29-62-31/h21-22,25,28-29,33-39,44H,1-20,23-24,26-27H2,(H2,52,77)(H,55,61)(H,56,62)(H,57,73)(H,59,78)(H,60,79)(H,63,74)(H,64,75)(H,65,76)(H,66,80)(H,67,81)(H4,53,54,58)(H2,68,69,82)/t33-,34-,35-,36-,37-,38+,39+,44+/m0/s1. The van der Waals surface area contributed by atoms with Gasteiger partial charge in [0, 0.05) is 74.9 Å². The van der Waals surface area contributed by atoms with Gasteiger partial charge in [-0.05, 0) is 44.9 Å². The Kier molecular flexibility index (Phi) is 27.7. The number of unbranched alkanes of at least 4 members (excludes halogenated alkanes) is 1. The molecule has 2 fully saturated rings. The first kappa shape index (κ1) is 66.7. The highest BCUT2D eigenvalue weighted by Gasteiger charge is 2.42. The number of guanidine groups is 1. The van der Waals surface area contributed by atoms with Gasteiger partial charge in [-0.15, -0.1) is 5.10 Å². The third-order valence-corrected chi connectivity index (χ3v) is 15.3. The summed E-state index contributed by atoms with van der Waals surface area (Å²) in [6.07, 6.45) is 10.8. The average molecular weight is 1230 g/mol. The molecule has 8 atom stereocenters. The van der Waals surface area contributed by atoms with Crippen LogP contribution < -0.4 is 70.0 Å². The number of hydrogen-bond donors (Lipinski definition) is 16. The highest BCUT2D eigenvalue weighted by molar-refractivity contribution is 8.00. The molecular weight excluding hydrogens is 1150 g/mol. The first-order chi connectivity index (χ1) is 41.5. The maximum absolute atomic E-state index is 14.2. The lowest BCUT2D eigenvalue weighted by molar-refractivity contribution is -0.134. The van der Waals surface area contributed by atoms with E-state index < -0.39 is 97.2 Å². The van der Waals surface area contributed by atoms with Crippen molar-refractivity contribution in [3.8, 4) is 0 Å². The molecule has 0 radical (unpaired) electrons. The van der Waals surface area contributed by atoms with Crippen molar-refractivity contribution in [1.82, 2.24) is 93.4 Å². The number of thioether (sulfide) groups is 1. The molecule has 0 unspecified atom stereocenters. The Morgan fingerprint density at radius 2 is 1.36 bits per heavy atom. The molecule has 86 heavy (non-hydrogen) atoms. The minimum atomic E-state index is -1.38. The lowest BCUT2D eigenvalue weighted by Crippen LogP contribution is -2.57. The van der Waals surface area contributed by atoms with Crippen molar-refractivity contribution in [3.63, 3.8) is 0 Å². The van der Waals surface area contributed by atoms with Crippen LogP contribution in [0.15, 0.2) is 31.2 Å². The summed E-state index contributed by atoms with van der Waals surface area (Å²) in [6, 6.07) is -6.28. The van der Waals surface area contributed by atoms with E-state index >= 15 is 0 Å². The summed E-state index contributed by atoms with van der Waals surface area (Å²) in [7, 11) is 0. The summed E-state index contributed by atoms with van der Waals surface area (Å²) in [6.45, 7) is -0.283. The molecule has 3 aliphatic heterocycles. The van der Waals surface area contributed by atoms with Crippen molar-refractivity contribution in [1.29, 1.82) is 5.41 Å². The van der Waals surface area contributed by atoms with E-state index in [4.69, 9.17) is 31.1 Å². The molecule has 3 aliphatic rings. The van der Waals surface area contributed by atoms with Crippen LogP contribution in [0, 0.1) is 5.41 Å². The molecular formula is C51H79N21O13S. The zero-order valence-electron chi connectivity index (χ0n) is 47.6. The highest BCUT2D eigenvalue weighted by atomic mass is 32.2. The van der Waals surface area contributed by atoms with E-state index in [1.54, 1.807) is 6.20 Å². The van der Waals surface area contributed by atoms with Crippen LogP contribution in [0.3, 0.4) is 0 Å². The fourth-order valence-corrected chi connectivity index (χ4v) is 10.9. The second-order valence-electron chi connectivity index (χ2n) is 20.5. The Balaban J connectivity index is 1.03. The summed E-state index contributed by atoms with van der Waals surface area (Å²) >= 11 is 1.85. The summed E-state index contributed by atoms with van der Waals surface area (Å²) in [5.74, 6) is -5.93. The van der Waals surface area contributed by atoms with Crippen molar-refractivity contribution in [2.24, 2.45) is 11.5 Å². The SMILES string of the molecule is N=C(N)NCCC[C@@H]1NC(=O)CNC(=O)[C@H](Cc2c[nH]cn2)NC(=O)[C@@H](NC(=O)COCCOCCOCCNC(=O)CCCC[C@H]2SC[C@H]3NC(=O)N[C@H]32)Cc2cn(nn2)CCCC[C@@H](C(N)=O)NC(=O)[C@H](Cc2c[nH]cn2)NC(=O)CNC1=O. The van der Waals surface area contributed by atoms with Crippen LogP contribution in [0.1, 0.15) is 74.9 Å². The number of amides is 11. The van der Waals surface area contributed by atoms with E-state index in [1.807, 2.05) is 11.8 Å². The van der Waals surface area contributed by atoms with Crippen molar-refractivity contribution in [2.45, 2.75) is 131 Å². The molecule has 18 N–H and O–H groups in total. The maximum atomic E-state index is 14.2. The molecule has 35 heteroatoms. The lowest BCUT2D eigenvalue weighted by atomic mass is 10.0. The molecule has 3 aromatic heterocycles. The van der Waals surface area contributed by atoms with E-state index in [0.717, 1.165) is 25.0 Å². The largest absolute Gasteiger partial charge is 0.377 e. The topological polar surface area (TPSA) is 495 Å². The van der Waals surface area contributed by atoms with Gasteiger partial charge >= 0.3 is 6.03 Å². The van der Waals surface area contributed by atoms with Gasteiger partial charge in [-0.2, -0.15) is 11.8 Å². The van der Waals surface area contributed by atoms with Crippen LogP contribution in [-0.4, -0.2) is 219 Å².